The van der Waals surface area contributed by atoms with Crippen LogP contribution in [0.5, 0.6) is 0 Å². The van der Waals surface area contributed by atoms with Crippen LogP contribution in [0, 0.1) is 0 Å². The zero-order valence-corrected chi connectivity index (χ0v) is 40.0. The largest absolute Gasteiger partial charge is 0.462 e. The van der Waals surface area contributed by atoms with E-state index in [0.29, 0.717) is 19.3 Å². The van der Waals surface area contributed by atoms with Crippen molar-refractivity contribution in [3.63, 3.8) is 0 Å². The molecule has 0 saturated heterocycles. The molecule has 0 spiro atoms. The number of esters is 3. The monoisotopic (exact) mass is 869 g/mol. The minimum atomic E-state index is -0.819. The number of allylic oxidation sites excluding steroid dienone is 22. The molecule has 0 aromatic rings. The minimum absolute atomic E-state index is 0.115. The summed E-state index contributed by atoms with van der Waals surface area (Å²) in [4.78, 5) is 37.6. The quantitative estimate of drug-likeness (QED) is 0.0263. The van der Waals surface area contributed by atoms with Gasteiger partial charge in [-0.3, -0.25) is 14.4 Å². The summed E-state index contributed by atoms with van der Waals surface area (Å²) in [5.74, 6) is -1.03. The molecule has 0 aromatic heterocycles. The van der Waals surface area contributed by atoms with Crippen LogP contribution in [0.3, 0.4) is 0 Å². The Morgan fingerprint density at radius 1 is 0.333 bits per heavy atom. The number of carbonyl (C=O) groups is 3. The summed E-state index contributed by atoms with van der Waals surface area (Å²) < 4.78 is 16.6. The van der Waals surface area contributed by atoms with Crippen LogP contribution in [0.25, 0.3) is 0 Å². The number of ether oxygens (including phenoxy) is 3. The van der Waals surface area contributed by atoms with Gasteiger partial charge in [-0.2, -0.15) is 0 Å². The lowest BCUT2D eigenvalue weighted by molar-refractivity contribution is -0.167. The van der Waals surface area contributed by atoms with E-state index >= 15 is 0 Å². The summed E-state index contributed by atoms with van der Waals surface area (Å²) in [6.07, 6.45) is 70.5. The molecule has 352 valence electrons. The van der Waals surface area contributed by atoms with Crippen LogP contribution < -0.4 is 0 Å². The smallest absolute Gasteiger partial charge is 0.306 e. The van der Waals surface area contributed by atoms with Crippen molar-refractivity contribution in [3.8, 4) is 0 Å². The van der Waals surface area contributed by atoms with E-state index in [9.17, 15) is 14.4 Å². The van der Waals surface area contributed by atoms with Gasteiger partial charge in [0.05, 0.1) is 0 Å². The fourth-order valence-corrected chi connectivity index (χ4v) is 6.01. The minimum Gasteiger partial charge on any atom is -0.462 e. The van der Waals surface area contributed by atoms with Crippen molar-refractivity contribution < 1.29 is 28.6 Å². The Morgan fingerprint density at radius 2 is 0.635 bits per heavy atom. The van der Waals surface area contributed by atoms with Crippen molar-refractivity contribution in [1.82, 2.24) is 0 Å². The molecule has 0 radical (unpaired) electrons. The van der Waals surface area contributed by atoms with Gasteiger partial charge in [-0.25, -0.2) is 0 Å². The lowest BCUT2D eigenvalue weighted by Gasteiger charge is -2.18. The Balaban J connectivity index is 4.35. The highest BCUT2D eigenvalue weighted by atomic mass is 16.6. The molecule has 0 aliphatic rings. The van der Waals surface area contributed by atoms with E-state index in [-0.39, 0.29) is 37.5 Å². The third kappa shape index (κ3) is 48.4. The normalized spacial score (nSPS) is 13.3. The molecule has 0 saturated carbocycles. The molecular formula is C57H88O6. The molecule has 0 aliphatic heterocycles. The lowest BCUT2D eigenvalue weighted by Crippen LogP contribution is -2.30. The van der Waals surface area contributed by atoms with Gasteiger partial charge >= 0.3 is 17.9 Å². The van der Waals surface area contributed by atoms with Crippen LogP contribution in [0.4, 0.5) is 0 Å². The van der Waals surface area contributed by atoms with Crippen LogP contribution in [-0.2, 0) is 28.6 Å². The van der Waals surface area contributed by atoms with Gasteiger partial charge in [-0.1, -0.05) is 193 Å². The molecule has 0 fully saturated rings. The van der Waals surface area contributed by atoms with Gasteiger partial charge < -0.3 is 14.2 Å². The maximum absolute atomic E-state index is 12.7. The average Bonchev–Trinajstić information content (AvgIpc) is 3.28. The summed E-state index contributed by atoms with van der Waals surface area (Å²) in [7, 11) is 0. The lowest BCUT2D eigenvalue weighted by atomic mass is 10.1. The maximum Gasteiger partial charge on any atom is 0.306 e. The second kappa shape index (κ2) is 50.2. The number of hydrogen-bond acceptors (Lipinski definition) is 6. The third-order valence-corrected chi connectivity index (χ3v) is 9.65. The Bertz CT molecular complexity index is 1420. The molecule has 0 rings (SSSR count). The predicted octanol–water partition coefficient (Wildman–Crippen LogP) is 16.3. The fourth-order valence-electron chi connectivity index (χ4n) is 6.01. The summed E-state index contributed by atoms with van der Waals surface area (Å²) in [5.41, 5.74) is 0. The van der Waals surface area contributed by atoms with Crippen molar-refractivity contribution in [2.75, 3.05) is 13.2 Å². The number of rotatable bonds is 42. The van der Waals surface area contributed by atoms with Crippen LogP contribution >= 0.6 is 0 Å². The predicted molar refractivity (Wildman–Crippen MR) is 269 cm³/mol. The first-order valence-corrected chi connectivity index (χ1v) is 24.7. The molecule has 6 heteroatoms. The molecule has 0 amide bonds. The highest BCUT2D eigenvalue weighted by molar-refractivity contribution is 5.71. The second-order valence-electron chi connectivity index (χ2n) is 15.6. The van der Waals surface area contributed by atoms with Crippen LogP contribution in [0.15, 0.2) is 134 Å². The van der Waals surface area contributed by atoms with Crippen molar-refractivity contribution in [1.29, 1.82) is 0 Å². The van der Waals surface area contributed by atoms with Gasteiger partial charge in [-0.05, 0) is 109 Å². The summed E-state index contributed by atoms with van der Waals surface area (Å²) in [6, 6.07) is 0. The molecule has 6 nitrogen and oxygen atoms in total. The SMILES string of the molecule is CC/C=C\C/C=C\C/C=C\C/C=C\C/C=C\C/C=C\CCCCCCC(=O)OCC(COC(=O)CCCCCCC)OC(=O)CCC/C=C\C/C=C\C/C=C\C/C=C\C/C=C\CC. The van der Waals surface area contributed by atoms with Gasteiger partial charge in [0.2, 0.25) is 0 Å². The maximum atomic E-state index is 12.7. The zero-order chi connectivity index (χ0) is 45.8. The van der Waals surface area contributed by atoms with E-state index in [1.165, 1.54) is 0 Å². The molecular weight excluding hydrogens is 781 g/mol. The summed E-state index contributed by atoms with van der Waals surface area (Å²) in [5, 5.41) is 0. The van der Waals surface area contributed by atoms with E-state index in [2.05, 4.69) is 154 Å². The molecule has 0 heterocycles. The van der Waals surface area contributed by atoms with E-state index in [1.807, 2.05) is 0 Å². The standard InChI is InChI=1S/C57H88O6/c1-4-7-10-13-15-17-19-21-23-25-26-27-28-29-30-32-33-35-37-39-41-44-47-50-56(59)62-53-54(52-61-55(58)49-46-43-12-9-6-3)63-57(60)51-48-45-42-40-38-36-34-31-24-22-20-18-16-14-11-8-5-2/h7-8,10-11,15-18,21-24,26-27,29-30,33-36,40,42,54H,4-6,9,12-14,19-20,25,28,31-32,37-39,41,43-53H2,1-3H3/b10-7-,11-8-,17-15-,18-16-,23-21-,24-22-,27-26-,30-29-,35-33-,36-34-,42-40-. The van der Waals surface area contributed by atoms with Crippen molar-refractivity contribution >= 4 is 17.9 Å². The summed E-state index contributed by atoms with van der Waals surface area (Å²) >= 11 is 0. The van der Waals surface area contributed by atoms with Crippen molar-refractivity contribution in [3.05, 3.63) is 134 Å². The van der Waals surface area contributed by atoms with Crippen LogP contribution in [0.1, 0.15) is 188 Å². The highest BCUT2D eigenvalue weighted by Gasteiger charge is 2.19. The molecule has 63 heavy (non-hydrogen) atoms. The Hall–Kier alpha value is -4.45. The fraction of sp³-hybridized carbons (Fsp3) is 0.561. The first kappa shape index (κ1) is 58.6. The van der Waals surface area contributed by atoms with Gasteiger partial charge in [0.25, 0.3) is 0 Å². The third-order valence-electron chi connectivity index (χ3n) is 9.65. The molecule has 1 atom stereocenters. The first-order chi connectivity index (χ1) is 31.0. The van der Waals surface area contributed by atoms with E-state index < -0.39 is 6.10 Å². The van der Waals surface area contributed by atoms with E-state index in [0.717, 1.165) is 141 Å². The van der Waals surface area contributed by atoms with Crippen LogP contribution in [0.2, 0.25) is 0 Å². The number of unbranched alkanes of at least 4 members (excludes halogenated alkanes) is 9. The molecule has 0 bridgehead atoms. The van der Waals surface area contributed by atoms with Crippen LogP contribution in [-0.4, -0.2) is 37.2 Å². The Kier molecular flexibility index (Phi) is 46.7. The molecule has 0 aromatic carbocycles. The van der Waals surface area contributed by atoms with Gasteiger partial charge in [0.15, 0.2) is 6.10 Å². The van der Waals surface area contributed by atoms with Gasteiger partial charge in [0, 0.05) is 19.3 Å². The Morgan fingerprint density at radius 3 is 1.00 bits per heavy atom. The van der Waals surface area contributed by atoms with Crippen molar-refractivity contribution in [2.45, 2.75) is 194 Å². The summed E-state index contributed by atoms with van der Waals surface area (Å²) in [6.45, 7) is 6.22. The highest BCUT2D eigenvalue weighted by Crippen LogP contribution is 2.11. The first-order valence-electron chi connectivity index (χ1n) is 24.7. The molecule has 1 unspecified atom stereocenters. The second-order valence-corrected chi connectivity index (χ2v) is 15.6. The number of carbonyl (C=O) groups excluding carboxylic acids is 3. The number of hydrogen-bond donors (Lipinski definition) is 0. The average molecular weight is 869 g/mol. The van der Waals surface area contributed by atoms with E-state index in [4.69, 9.17) is 14.2 Å². The van der Waals surface area contributed by atoms with Gasteiger partial charge in [0.1, 0.15) is 13.2 Å². The van der Waals surface area contributed by atoms with E-state index in [1.54, 1.807) is 0 Å². The van der Waals surface area contributed by atoms with Crippen molar-refractivity contribution in [2.24, 2.45) is 0 Å². The molecule has 0 N–H and O–H groups in total. The topological polar surface area (TPSA) is 78.9 Å². The molecule has 0 aliphatic carbocycles. The zero-order valence-electron chi connectivity index (χ0n) is 40.0. The van der Waals surface area contributed by atoms with Gasteiger partial charge in [-0.15, -0.1) is 0 Å². The Labute approximate surface area is 385 Å².